The first-order valence-electron chi connectivity index (χ1n) is 4.73. The molecule has 1 aliphatic heterocycles. The highest BCUT2D eigenvalue weighted by Crippen LogP contribution is 2.05. The molecule has 1 fully saturated rings. The lowest BCUT2D eigenvalue weighted by molar-refractivity contribution is 0.0575. The van der Waals surface area contributed by atoms with E-state index < -0.39 is 0 Å². The predicted octanol–water partition coefficient (Wildman–Crippen LogP) is 0.721. The van der Waals surface area contributed by atoms with Gasteiger partial charge < -0.3 is 14.4 Å². The van der Waals surface area contributed by atoms with Crippen molar-refractivity contribution in [3.63, 3.8) is 0 Å². The van der Waals surface area contributed by atoms with Crippen molar-refractivity contribution in [1.29, 1.82) is 5.41 Å². The number of nitrogens with one attached hydrogen (secondary N) is 1. The third-order valence-corrected chi connectivity index (χ3v) is 2.31. The molecule has 1 atom stereocenters. The molecular formula is C9H18N2O2. The molecule has 1 rings (SSSR count). The fourth-order valence-electron chi connectivity index (χ4n) is 1.48. The Balaban J connectivity index is 2.44. The maximum absolute atomic E-state index is 7.89. The minimum absolute atomic E-state index is 0.0573. The van der Waals surface area contributed by atoms with Crippen LogP contribution in [-0.2, 0) is 9.47 Å². The number of nitrogens with zero attached hydrogens (tertiary/aromatic N) is 1. The second kappa shape index (κ2) is 5.19. The van der Waals surface area contributed by atoms with Crippen LogP contribution >= 0.6 is 0 Å². The van der Waals surface area contributed by atoms with Crippen LogP contribution in [0, 0.1) is 5.41 Å². The third-order valence-electron chi connectivity index (χ3n) is 2.31. The van der Waals surface area contributed by atoms with Crippen LogP contribution < -0.4 is 0 Å². The maximum Gasteiger partial charge on any atom is 0.126 e. The number of amidine groups is 1. The fraction of sp³-hybridized carbons (Fsp3) is 0.889. The van der Waals surface area contributed by atoms with Crippen LogP contribution in [0.25, 0.3) is 0 Å². The van der Waals surface area contributed by atoms with Gasteiger partial charge >= 0.3 is 0 Å². The fourth-order valence-corrected chi connectivity index (χ4v) is 1.48. The normalized spacial score (nSPS) is 20.0. The Morgan fingerprint density at radius 3 is 2.62 bits per heavy atom. The summed E-state index contributed by atoms with van der Waals surface area (Å²) in [6, 6.07) is 0. The van der Waals surface area contributed by atoms with Crippen LogP contribution in [0.15, 0.2) is 0 Å². The molecule has 1 unspecified atom stereocenters. The standard InChI is InChI=1S/C9H18N2O2/c1-3-8(12-2)9(10)11-4-6-13-7-5-11/h8,10H,3-7H2,1-2H3. The Labute approximate surface area is 79.3 Å². The molecule has 1 heterocycles. The molecule has 76 valence electrons. The van der Waals surface area contributed by atoms with Crippen LogP contribution in [0.5, 0.6) is 0 Å². The van der Waals surface area contributed by atoms with E-state index in [-0.39, 0.29) is 6.10 Å². The predicted molar refractivity (Wildman–Crippen MR) is 51.2 cm³/mol. The molecule has 0 radical (unpaired) electrons. The number of ether oxygens (including phenoxy) is 2. The Hall–Kier alpha value is -0.610. The molecule has 0 spiro atoms. The first kappa shape index (κ1) is 10.5. The van der Waals surface area contributed by atoms with E-state index in [1.165, 1.54) is 0 Å². The third kappa shape index (κ3) is 2.67. The lowest BCUT2D eigenvalue weighted by atomic mass is 10.2. The summed E-state index contributed by atoms with van der Waals surface area (Å²) in [4.78, 5) is 2.03. The molecule has 4 nitrogen and oxygen atoms in total. The van der Waals surface area contributed by atoms with Crippen LogP contribution in [0.3, 0.4) is 0 Å². The van der Waals surface area contributed by atoms with Crippen molar-refractivity contribution >= 4 is 5.84 Å². The summed E-state index contributed by atoms with van der Waals surface area (Å²) < 4.78 is 10.4. The topological polar surface area (TPSA) is 45.5 Å². The van der Waals surface area contributed by atoms with Gasteiger partial charge in [-0.15, -0.1) is 0 Å². The summed E-state index contributed by atoms with van der Waals surface area (Å²) >= 11 is 0. The lowest BCUT2D eigenvalue weighted by Crippen LogP contribution is -2.45. The summed E-state index contributed by atoms with van der Waals surface area (Å²) in [6.07, 6.45) is 0.797. The molecule has 0 aromatic carbocycles. The number of methoxy groups -OCH3 is 1. The summed E-state index contributed by atoms with van der Waals surface area (Å²) in [7, 11) is 1.66. The van der Waals surface area contributed by atoms with E-state index in [0.717, 1.165) is 32.7 Å². The molecule has 4 heteroatoms. The zero-order valence-corrected chi connectivity index (χ0v) is 8.38. The Bertz CT molecular complexity index is 163. The Morgan fingerprint density at radius 2 is 2.15 bits per heavy atom. The average molecular weight is 186 g/mol. The molecule has 1 N–H and O–H groups in total. The summed E-state index contributed by atoms with van der Waals surface area (Å²) in [6.45, 7) is 5.12. The van der Waals surface area contributed by atoms with Gasteiger partial charge in [-0.05, 0) is 6.42 Å². The smallest absolute Gasteiger partial charge is 0.126 e. The zero-order chi connectivity index (χ0) is 9.68. The molecule has 0 aromatic heterocycles. The number of hydrogen-bond acceptors (Lipinski definition) is 3. The highest BCUT2D eigenvalue weighted by atomic mass is 16.5. The van der Waals surface area contributed by atoms with Gasteiger partial charge in [-0.25, -0.2) is 0 Å². The second-order valence-corrected chi connectivity index (χ2v) is 3.12. The van der Waals surface area contributed by atoms with E-state index in [4.69, 9.17) is 14.9 Å². The molecule has 0 aliphatic carbocycles. The Kier molecular flexibility index (Phi) is 4.18. The van der Waals surface area contributed by atoms with Gasteiger partial charge in [-0.3, -0.25) is 5.41 Å². The van der Waals surface area contributed by atoms with Crippen LogP contribution in [0.4, 0.5) is 0 Å². The minimum atomic E-state index is -0.0573. The SMILES string of the molecule is CCC(OC)C(=N)N1CCOCC1. The number of rotatable bonds is 3. The van der Waals surface area contributed by atoms with E-state index in [1.807, 2.05) is 11.8 Å². The summed E-state index contributed by atoms with van der Waals surface area (Å²) in [5.74, 6) is 0.591. The van der Waals surface area contributed by atoms with Gasteiger partial charge in [-0.1, -0.05) is 6.92 Å². The van der Waals surface area contributed by atoms with Crippen LogP contribution in [0.1, 0.15) is 13.3 Å². The van der Waals surface area contributed by atoms with Crippen molar-refractivity contribution in [2.24, 2.45) is 0 Å². The first-order valence-corrected chi connectivity index (χ1v) is 4.73. The van der Waals surface area contributed by atoms with Crippen molar-refractivity contribution in [1.82, 2.24) is 4.90 Å². The van der Waals surface area contributed by atoms with Crippen molar-refractivity contribution in [3.05, 3.63) is 0 Å². The van der Waals surface area contributed by atoms with Crippen LogP contribution in [-0.4, -0.2) is 50.3 Å². The van der Waals surface area contributed by atoms with E-state index in [9.17, 15) is 0 Å². The van der Waals surface area contributed by atoms with E-state index in [1.54, 1.807) is 7.11 Å². The monoisotopic (exact) mass is 186 g/mol. The molecular weight excluding hydrogens is 168 g/mol. The highest BCUT2D eigenvalue weighted by molar-refractivity contribution is 5.83. The summed E-state index contributed by atoms with van der Waals surface area (Å²) in [5.41, 5.74) is 0. The molecule has 13 heavy (non-hydrogen) atoms. The second-order valence-electron chi connectivity index (χ2n) is 3.12. The molecule has 0 amide bonds. The average Bonchev–Trinajstić information content (AvgIpc) is 2.21. The van der Waals surface area contributed by atoms with Crippen LogP contribution in [0.2, 0.25) is 0 Å². The molecule has 0 bridgehead atoms. The largest absolute Gasteiger partial charge is 0.378 e. The Morgan fingerprint density at radius 1 is 1.54 bits per heavy atom. The minimum Gasteiger partial charge on any atom is -0.378 e. The van der Waals surface area contributed by atoms with E-state index >= 15 is 0 Å². The number of hydrogen-bond donors (Lipinski definition) is 1. The first-order chi connectivity index (χ1) is 6.29. The van der Waals surface area contributed by atoms with Gasteiger partial charge in [0.2, 0.25) is 0 Å². The van der Waals surface area contributed by atoms with Crippen molar-refractivity contribution in [3.8, 4) is 0 Å². The van der Waals surface area contributed by atoms with Crippen molar-refractivity contribution < 1.29 is 9.47 Å². The number of morpholine rings is 1. The highest BCUT2D eigenvalue weighted by Gasteiger charge is 2.20. The molecule has 0 aromatic rings. The lowest BCUT2D eigenvalue weighted by Gasteiger charge is -2.31. The van der Waals surface area contributed by atoms with Gasteiger partial charge in [0.05, 0.1) is 13.2 Å². The molecule has 1 aliphatic rings. The van der Waals surface area contributed by atoms with Gasteiger partial charge in [0.1, 0.15) is 11.9 Å². The van der Waals surface area contributed by atoms with E-state index in [0.29, 0.717) is 5.84 Å². The molecule has 0 saturated carbocycles. The van der Waals surface area contributed by atoms with Gasteiger partial charge in [0.15, 0.2) is 0 Å². The zero-order valence-electron chi connectivity index (χ0n) is 8.38. The van der Waals surface area contributed by atoms with Crippen molar-refractivity contribution in [2.45, 2.75) is 19.4 Å². The van der Waals surface area contributed by atoms with Crippen molar-refractivity contribution in [2.75, 3.05) is 33.4 Å². The quantitative estimate of drug-likeness (QED) is 0.522. The van der Waals surface area contributed by atoms with E-state index in [2.05, 4.69) is 0 Å². The molecule has 1 saturated heterocycles. The van der Waals surface area contributed by atoms with Gasteiger partial charge in [-0.2, -0.15) is 0 Å². The summed E-state index contributed by atoms with van der Waals surface area (Å²) in [5, 5.41) is 7.89. The maximum atomic E-state index is 7.89. The van der Waals surface area contributed by atoms with Gasteiger partial charge in [0.25, 0.3) is 0 Å². The van der Waals surface area contributed by atoms with Gasteiger partial charge in [0, 0.05) is 20.2 Å².